The van der Waals surface area contributed by atoms with Crippen LogP contribution < -0.4 is 5.32 Å². The monoisotopic (exact) mass is 328 g/mol. The lowest BCUT2D eigenvalue weighted by Gasteiger charge is -2.32. The van der Waals surface area contributed by atoms with Crippen LogP contribution in [0.3, 0.4) is 0 Å². The molecule has 0 spiro atoms. The van der Waals surface area contributed by atoms with Gasteiger partial charge in [0.15, 0.2) is 0 Å². The molecule has 19 heavy (non-hydrogen) atoms. The van der Waals surface area contributed by atoms with E-state index in [1.807, 2.05) is 6.92 Å². The Balaban J connectivity index is 2.19. The normalized spacial score (nSPS) is 19.5. The summed E-state index contributed by atoms with van der Waals surface area (Å²) in [7, 11) is 0. The first kappa shape index (κ1) is 14.0. The van der Waals surface area contributed by atoms with E-state index in [0.29, 0.717) is 16.5 Å². The number of halogens is 2. The van der Waals surface area contributed by atoms with Gasteiger partial charge in [0.2, 0.25) is 11.8 Å². The summed E-state index contributed by atoms with van der Waals surface area (Å²) in [4.78, 5) is 25.1. The van der Waals surface area contributed by atoms with Crippen molar-refractivity contribution in [1.29, 1.82) is 0 Å². The molecule has 0 aliphatic carbocycles. The summed E-state index contributed by atoms with van der Waals surface area (Å²) in [5, 5.41) is 2.64. The number of piperazine rings is 1. The molecule has 0 bridgehead atoms. The zero-order valence-corrected chi connectivity index (χ0v) is 12.0. The van der Waals surface area contributed by atoms with E-state index in [0.717, 1.165) is 0 Å². The molecule has 102 valence electrons. The Kier molecular flexibility index (Phi) is 4.19. The average molecular weight is 329 g/mol. The fourth-order valence-corrected chi connectivity index (χ4v) is 2.45. The maximum Gasteiger partial charge on any atom is 0.245 e. The van der Waals surface area contributed by atoms with Gasteiger partial charge in [0.1, 0.15) is 11.9 Å². The van der Waals surface area contributed by atoms with E-state index in [2.05, 4.69) is 21.2 Å². The maximum absolute atomic E-state index is 13.4. The van der Waals surface area contributed by atoms with Crippen LogP contribution in [0.4, 0.5) is 4.39 Å². The highest BCUT2D eigenvalue weighted by Gasteiger charge is 2.31. The Morgan fingerprint density at radius 1 is 1.47 bits per heavy atom. The third-order valence-electron chi connectivity index (χ3n) is 3.08. The molecule has 1 saturated heterocycles. The third-order valence-corrected chi connectivity index (χ3v) is 3.97. The Morgan fingerprint density at radius 2 is 2.21 bits per heavy atom. The lowest BCUT2D eigenvalue weighted by Crippen LogP contribution is -2.57. The van der Waals surface area contributed by atoms with Crippen molar-refractivity contribution in [3.63, 3.8) is 0 Å². The summed E-state index contributed by atoms with van der Waals surface area (Å²) < 4.78 is 13.8. The summed E-state index contributed by atoms with van der Waals surface area (Å²) in [5.41, 5.74) is 0.651. The molecule has 1 fully saturated rings. The highest BCUT2D eigenvalue weighted by molar-refractivity contribution is 9.10. The molecule has 1 aliphatic heterocycles. The van der Waals surface area contributed by atoms with Gasteiger partial charge in [-0.25, -0.2) is 4.39 Å². The van der Waals surface area contributed by atoms with Crippen LogP contribution in [-0.4, -0.2) is 29.3 Å². The molecule has 1 N–H and O–H groups in total. The highest BCUT2D eigenvalue weighted by Crippen LogP contribution is 2.22. The summed E-state index contributed by atoms with van der Waals surface area (Å²) in [6.07, 6.45) is 0.547. The number of carbonyl (C=O) groups is 2. The molecule has 1 unspecified atom stereocenters. The number of rotatable bonds is 3. The number of benzene rings is 1. The molecule has 1 atom stereocenters. The molecule has 1 aromatic carbocycles. The Morgan fingerprint density at radius 3 is 2.89 bits per heavy atom. The van der Waals surface area contributed by atoms with Gasteiger partial charge in [-0.2, -0.15) is 0 Å². The molecular weight excluding hydrogens is 315 g/mol. The number of hydrogen-bond acceptors (Lipinski definition) is 2. The second kappa shape index (κ2) is 5.69. The first-order valence-electron chi connectivity index (χ1n) is 6.04. The van der Waals surface area contributed by atoms with E-state index in [1.54, 1.807) is 12.1 Å². The molecule has 6 heteroatoms. The van der Waals surface area contributed by atoms with Crippen molar-refractivity contribution in [1.82, 2.24) is 10.2 Å². The highest BCUT2D eigenvalue weighted by atomic mass is 79.9. The predicted molar refractivity (Wildman–Crippen MR) is 71.7 cm³/mol. The zero-order valence-electron chi connectivity index (χ0n) is 10.5. The summed E-state index contributed by atoms with van der Waals surface area (Å²) in [6.45, 7) is 2.07. The molecule has 0 aromatic heterocycles. The predicted octanol–water partition coefficient (Wildman–Crippen LogP) is 1.83. The van der Waals surface area contributed by atoms with Crippen LogP contribution in [0, 0.1) is 5.82 Å². The van der Waals surface area contributed by atoms with Gasteiger partial charge in [-0.05, 0) is 34.0 Å². The van der Waals surface area contributed by atoms with Gasteiger partial charge < -0.3 is 10.2 Å². The van der Waals surface area contributed by atoms with Crippen LogP contribution in [0.25, 0.3) is 0 Å². The van der Waals surface area contributed by atoms with Crippen molar-refractivity contribution in [2.75, 3.05) is 6.54 Å². The topological polar surface area (TPSA) is 49.4 Å². The molecule has 1 aromatic rings. The van der Waals surface area contributed by atoms with Crippen molar-refractivity contribution in [2.45, 2.75) is 25.9 Å². The summed E-state index contributed by atoms with van der Waals surface area (Å²) >= 11 is 3.16. The molecule has 4 nitrogen and oxygen atoms in total. The first-order valence-corrected chi connectivity index (χ1v) is 6.83. The van der Waals surface area contributed by atoms with E-state index < -0.39 is 6.04 Å². The van der Waals surface area contributed by atoms with Crippen LogP contribution in [0.15, 0.2) is 22.7 Å². The van der Waals surface area contributed by atoms with E-state index in [4.69, 9.17) is 0 Å². The lowest BCUT2D eigenvalue weighted by atomic mass is 10.1. The molecule has 1 aliphatic rings. The number of carbonyl (C=O) groups excluding carboxylic acids is 2. The van der Waals surface area contributed by atoms with E-state index >= 15 is 0 Å². The molecule has 0 radical (unpaired) electrons. The Bertz CT molecular complexity index is 521. The second-order valence-electron chi connectivity index (χ2n) is 4.44. The molecular formula is C13H14BrFN2O2. The fraction of sp³-hybridized carbons (Fsp3) is 0.385. The Labute approximate surface area is 119 Å². The summed E-state index contributed by atoms with van der Waals surface area (Å²) in [5.74, 6) is -0.685. The van der Waals surface area contributed by atoms with Crippen LogP contribution in [0.2, 0.25) is 0 Å². The fourth-order valence-electron chi connectivity index (χ4n) is 2.06. The number of nitrogens with one attached hydrogen (secondary N) is 1. The van der Waals surface area contributed by atoms with Gasteiger partial charge in [0.05, 0.1) is 11.0 Å². The minimum atomic E-state index is -0.478. The van der Waals surface area contributed by atoms with Gasteiger partial charge in [-0.1, -0.05) is 19.1 Å². The maximum atomic E-state index is 13.4. The van der Waals surface area contributed by atoms with Crippen LogP contribution in [-0.2, 0) is 16.1 Å². The quantitative estimate of drug-likeness (QED) is 0.920. The minimum Gasteiger partial charge on any atom is -0.343 e. The third kappa shape index (κ3) is 2.94. The van der Waals surface area contributed by atoms with Gasteiger partial charge in [0, 0.05) is 6.54 Å². The first-order chi connectivity index (χ1) is 9.02. The van der Waals surface area contributed by atoms with Crippen molar-refractivity contribution in [3.05, 3.63) is 34.1 Å². The van der Waals surface area contributed by atoms with Crippen molar-refractivity contribution >= 4 is 27.7 Å². The van der Waals surface area contributed by atoms with Crippen LogP contribution >= 0.6 is 15.9 Å². The number of amides is 2. The van der Waals surface area contributed by atoms with Crippen LogP contribution in [0.5, 0.6) is 0 Å². The Hall–Kier alpha value is -1.43. The zero-order chi connectivity index (χ0) is 14.0. The van der Waals surface area contributed by atoms with Gasteiger partial charge in [-0.3, -0.25) is 9.59 Å². The second-order valence-corrected chi connectivity index (χ2v) is 5.23. The van der Waals surface area contributed by atoms with Gasteiger partial charge in [-0.15, -0.1) is 0 Å². The standard InChI is InChI=1S/C13H14BrFN2O2/c1-2-10-13(19)17(7-11(18)16-10)6-8-4-3-5-9(15)12(8)14/h3-5,10H,2,6-7H2,1H3,(H,16,18). The summed E-state index contributed by atoms with van der Waals surface area (Å²) in [6, 6.07) is 4.18. The smallest absolute Gasteiger partial charge is 0.245 e. The average Bonchev–Trinajstić information content (AvgIpc) is 2.38. The number of hydrogen-bond donors (Lipinski definition) is 1. The van der Waals surface area contributed by atoms with Crippen LogP contribution in [0.1, 0.15) is 18.9 Å². The molecule has 2 amide bonds. The minimum absolute atomic E-state index is 0.0122. The van der Waals surface area contributed by atoms with E-state index in [-0.39, 0.29) is 30.7 Å². The van der Waals surface area contributed by atoms with Crippen molar-refractivity contribution in [2.24, 2.45) is 0 Å². The van der Waals surface area contributed by atoms with Crippen molar-refractivity contribution < 1.29 is 14.0 Å². The van der Waals surface area contributed by atoms with E-state index in [9.17, 15) is 14.0 Å². The van der Waals surface area contributed by atoms with Crippen molar-refractivity contribution in [3.8, 4) is 0 Å². The lowest BCUT2D eigenvalue weighted by molar-refractivity contribution is -0.144. The molecule has 1 heterocycles. The van der Waals surface area contributed by atoms with Gasteiger partial charge in [0.25, 0.3) is 0 Å². The van der Waals surface area contributed by atoms with E-state index in [1.165, 1.54) is 11.0 Å². The molecule has 0 saturated carbocycles. The largest absolute Gasteiger partial charge is 0.343 e. The SMILES string of the molecule is CCC1NC(=O)CN(Cc2cccc(F)c2Br)C1=O. The van der Waals surface area contributed by atoms with Gasteiger partial charge >= 0.3 is 0 Å². The molecule has 2 rings (SSSR count). The number of nitrogens with zero attached hydrogens (tertiary/aromatic N) is 1.